The first-order chi connectivity index (χ1) is 25.2. The molecule has 0 saturated heterocycles. The van der Waals surface area contributed by atoms with Crippen LogP contribution in [0.25, 0.3) is 98.8 Å². The second-order valence-electron chi connectivity index (χ2n) is 13.5. The van der Waals surface area contributed by atoms with Crippen LogP contribution >= 0.6 is 0 Å². The van der Waals surface area contributed by atoms with Crippen molar-refractivity contribution in [1.82, 2.24) is 0 Å². The van der Waals surface area contributed by atoms with Crippen molar-refractivity contribution in [3.05, 3.63) is 181 Å². The molecule has 10 rings (SSSR count). The standard InChI is InChI=1S/C50H34O/c1-2-32-21-23-33(24-22-32)35-12-9-13-36(29-35)37-26-25-34-11-10-19-44(45(34)30-37)50-42-17-5-3-15-40(42)49(41-16-4-6-18-43(41)50)38-27-28-48-46(31-38)39-14-7-8-20-47(39)51-48/h3-31H,2H2,1H3. The Hall–Kier alpha value is -6.44. The zero-order valence-corrected chi connectivity index (χ0v) is 28.4. The molecule has 0 spiro atoms. The van der Waals surface area contributed by atoms with Crippen LogP contribution in [0.1, 0.15) is 12.5 Å². The van der Waals surface area contributed by atoms with Gasteiger partial charge in [0.1, 0.15) is 11.2 Å². The highest BCUT2D eigenvalue weighted by Crippen LogP contribution is 2.46. The number of aryl methyl sites for hydroxylation is 1. The third-order valence-electron chi connectivity index (χ3n) is 10.6. The molecule has 0 atom stereocenters. The monoisotopic (exact) mass is 650 g/mol. The first kappa shape index (κ1) is 29.5. The van der Waals surface area contributed by atoms with E-state index in [2.05, 4.69) is 171 Å². The molecule has 1 nitrogen and oxygen atoms in total. The third kappa shape index (κ3) is 4.85. The summed E-state index contributed by atoms with van der Waals surface area (Å²) >= 11 is 0. The van der Waals surface area contributed by atoms with E-state index in [4.69, 9.17) is 4.42 Å². The van der Waals surface area contributed by atoms with E-state index in [9.17, 15) is 0 Å². The van der Waals surface area contributed by atoms with E-state index in [1.54, 1.807) is 0 Å². The van der Waals surface area contributed by atoms with Crippen molar-refractivity contribution < 1.29 is 4.42 Å². The number of fused-ring (bicyclic) bond motifs is 6. The highest BCUT2D eigenvalue weighted by atomic mass is 16.3. The van der Waals surface area contributed by atoms with E-state index < -0.39 is 0 Å². The van der Waals surface area contributed by atoms with Gasteiger partial charge in [0.15, 0.2) is 0 Å². The molecule has 0 fully saturated rings. The summed E-state index contributed by atoms with van der Waals surface area (Å²) in [6.45, 7) is 2.20. The Morgan fingerprint density at radius 3 is 1.63 bits per heavy atom. The number of benzene rings is 9. The van der Waals surface area contributed by atoms with Crippen LogP contribution in [-0.2, 0) is 6.42 Å². The first-order valence-electron chi connectivity index (χ1n) is 17.8. The molecule has 0 bridgehead atoms. The van der Waals surface area contributed by atoms with Crippen LogP contribution in [0.15, 0.2) is 180 Å². The molecule has 0 N–H and O–H groups in total. The predicted molar refractivity (Wildman–Crippen MR) is 217 cm³/mol. The van der Waals surface area contributed by atoms with E-state index in [1.807, 2.05) is 12.1 Å². The molecule has 1 aromatic heterocycles. The smallest absolute Gasteiger partial charge is 0.135 e. The van der Waals surface area contributed by atoms with E-state index >= 15 is 0 Å². The van der Waals surface area contributed by atoms with Gasteiger partial charge in [0, 0.05) is 10.8 Å². The van der Waals surface area contributed by atoms with Gasteiger partial charge in [-0.1, -0.05) is 153 Å². The molecular weight excluding hydrogens is 617 g/mol. The maximum Gasteiger partial charge on any atom is 0.135 e. The van der Waals surface area contributed by atoms with Crippen LogP contribution in [0, 0.1) is 0 Å². The molecule has 0 radical (unpaired) electrons. The zero-order valence-electron chi connectivity index (χ0n) is 28.4. The van der Waals surface area contributed by atoms with Crippen molar-refractivity contribution in [3.8, 4) is 44.5 Å². The molecule has 9 aromatic carbocycles. The van der Waals surface area contributed by atoms with Gasteiger partial charge in [-0.25, -0.2) is 0 Å². The average Bonchev–Trinajstić information content (AvgIpc) is 3.57. The summed E-state index contributed by atoms with van der Waals surface area (Å²) in [7, 11) is 0. The fourth-order valence-corrected chi connectivity index (χ4v) is 8.09. The van der Waals surface area contributed by atoms with Gasteiger partial charge in [-0.15, -0.1) is 0 Å². The Bertz CT molecular complexity index is 2890. The van der Waals surface area contributed by atoms with Crippen molar-refractivity contribution in [2.75, 3.05) is 0 Å². The summed E-state index contributed by atoms with van der Waals surface area (Å²) in [6, 6.07) is 64.4. The van der Waals surface area contributed by atoms with Crippen molar-refractivity contribution in [2.24, 2.45) is 0 Å². The van der Waals surface area contributed by atoms with Crippen LogP contribution in [-0.4, -0.2) is 0 Å². The molecule has 1 heteroatoms. The van der Waals surface area contributed by atoms with E-state index in [1.165, 1.54) is 82.4 Å². The second kappa shape index (κ2) is 11.9. The lowest BCUT2D eigenvalue weighted by Crippen LogP contribution is -1.92. The van der Waals surface area contributed by atoms with Crippen molar-refractivity contribution in [1.29, 1.82) is 0 Å². The molecule has 0 aliphatic heterocycles. The maximum atomic E-state index is 6.22. The zero-order chi connectivity index (χ0) is 33.9. The Morgan fingerprint density at radius 1 is 0.353 bits per heavy atom. The van der Waals surface area contributed by atoms with Crippen LogP contribution < -0.4 is 0 Å². The summed E-state index contributed by atoms with van der Waals surface area (Å²) in [6.07, 6.45) is 1.05. The molecular formula is C50H34O. The Labute approximate surface area is 297 Å². The van der Waals surface area contributed by atoms with Gasteiger partial charge >= 0.3 is 0 Å². The minimum absolute atomic E-state index is 0.914. The van der Waals surface area contributed by atoms with E-state index in [0.717, 1.165) is 28.4 Å². The van der Waals surface area contributed by atoms with Crippen LogP contribution in [0.5, 0.6) is 0 Å². The summed E-state index contributed by atoms with van der Waals surface area (Å²) in [5.41, 5.74) is 13.1. The molecule has 0 aliphatic rings. The van der Waals surface area contributed by atoms with E-state index in [-0.39, 0.29) is 0 Å². The largest absolute Gasteiger partial charge is 0.456 e. The molecule has 51 heavy (non-hydrogen) atoms. The highest BCUT2D eigenvalue weighted by molar-refractivity contribution is 6.24. The summed E-state index contributed by atoms with van der Waals surface area (Å²) in [4.78, 5) is 0. The fourth-order valence-electron chi connectivity index (χ4n) is 8.09. The van der Waals surface area contributed by atoms with Crippen molar-refractivity contribution in [3.63, 3.8) is 0 Å². The lowest BCUT2D eigenvalue weighted by Gasteiger charge is -2.19. The highest BCUT2D eigenvalue weighted by Gasteiger charge is 2.19. The SMILES string of the molecule is CCc1ccc(-c2cccc(-c3ccc4cccc(-c5c6ccccc6c(-c6ccc7oc8ccccc8c7c6)c6ccccc56)c4c3)c2)cc1. The summed E-state index contributed by atoms with van der Waals surface area (Å²) < 4.78 is 6.22. The number of para-hydroxylation sites is 1. The number of furan rings is 1. The second-order valence-corrected chi connectivity index (χ2v) is 13.5. The minimum Gasteiger partial charge on any atom is -0.456 e. The van der Waals surface area contributed by atoms with Gasteiger partial charge in [0.05, 0.1) is 0 Å². The predicted octanol–water partition coefficient (Wildman–Crippen LogP) is 14.3. The lowest BCUT2D eigenvalue weighted by molar-refractivity contribution is 0.669. The first-order valence-corrected chi connectivity index (χ1v) is 17.8. The minimum atomic E-state index is 0.914. The Morgan fingerprint density at radius 2 is 0.902 bits per heavy atom. The maximum absolute atomic E-state index is 6.22. The van der Waals surface area contributed by atoms with Crippen LogP contribution in [0.3, 0.4) is 0 Å². The van der Waals surface area contributed by atoms with Gasteiger partial charge < -0.3 is 4.42 Å². The lowest BCUT2D eigenvalue weighted by atomic mass is 9.84. The molecule has 240 valence electrons. The molecule has 0 aliphatic carbocycles. The Kier molecular flexibility index (Phi) is 6.85. The van der Waals surface area contributed by atoms with Gasteiger partial charge in [-0.2, -0.15) is 0 Å². The molecule has 0 saturated carbocycles. The Balaban J connectivity index is 1.19. The van der Waals surface area contributed by atoms with E-state index in [0.29, 0.717) is 0 Å². The molecule has 10 aromatic rings. The number of hydrogen-bond acceptors (Lipinski definition) is 1. The summed E-state index contributed by atoms with van der Waals surface area (Å²) in [5.74, 6) is 0. The topological polar surface area (TPSA) is 13.1 Å². The average molecular weight is 651 g/mol. The van der Waals surface area contributed by atoms with Crippen LogP contribution in [0.2, 0.25) is 0 Å². The summed E-state index contributed by atoms with van der Waals surface area (Å²) in [5, 5.41) is 9.76. The quantitative estimate of drug-likeness (QED) is 0.169. The fraction of sp³-hybridized carbons (Fsp3) is 0.0400. The van der Waals surface area contributed by atoms with Crippen molar-refractivity contribution in [2.45, 2.75) is 13.3 Å². The van der Waals surface area contributed by atoms with Gasteiger partial charge in [-0.05, 0) is 119 Å². The molecule has 0 unspecified atom stereocenters. The van der Waals surface area contributed by atoms with Gasteiger partial charge in [0.25, 0.3) is 0 Å². The van der Waals surface area contributed by atoms with Gasteiger partial charge in [0.2, 0.25) is 0 Å². The van der Waals surface area contributed by atoms with Crippen LogP contribution in [0.4, 0.5) is 0 Å². The van der Waals surface area contributed by atoms with Crippen molar-refractivity contribution >= 4 is 54.3 Å². The number of hydrogen-bond donors (Lipinski definition) is 0. The number of rotatable bonds is 5. The molecule has 0 amide bonds. The normalized spacial score (nSPS) is 11.7. The third-order valence-corrected chi connectivity index (χ3v) is 10.6. The molecule has 1 heterocycles. The van der Waals surface area contributed by atoms with Gasteiger partial charge in [-0.3, -0.25) is 0 Å².